The average molecular weight is 453 g/mol. The van der Waals surface area contributed by atoms with Crippen LogP contribution in [0.25, 0.3) is 44.5 Å². The quantitative estimate of drug-likeness (QED) is 0.327. The van der Waals surface area contributed by atoms with Gasteiger partial charge in [-0.15, -0.1) is 0 Å². The third-order valence-electron chi connectivity index (χ3n) is 6.07. The molecule has 0 radical (unpaired) electrons. The average Bonchev–Trinajstić information content (AvgIpc) is 3.27. The summed E-state index contributed by atoms with van der Waals surface area (Å²) in [5.74, 6) is -0.743. The molecule has 7 nitrogen and oxygen atoms in total. The molecule has 0 unspecified atom stereocenters. The Hall–Kier alpha value is -4.39. The molecule has 0 saturated carbocycles. The number of nitrogens with one attached hydrogen (secondary N) is 1. The molecule has 7 heteroatoms. The van der Waals surface area contributed by atoms with Crippen molar-refractivity contribution in [3.8, 4) is 22.5 Å². The highest BCUT2D eigenvalue weighted by atomic mass is 16.4. The maximum Gasteiger partial charge on any atom is 0.348 e. The van der Waals surface area contributed by atoms with Crippen LogP contribution in [0.3, 0.4) is 0 Å². The third-order valence-corrected chi connectivity index (χ3v) is 6.07. The summed E-state index contributed by atoms with van der Waals surface area (Å²) in [5, 5.41) is 10.5. The Morgan fingerprint density at radius 2 is 1.74 bits per heavy atom. The highest BCUT2D eigenvalue weighted by Gasteiger charge is 2.24. The van der Waals surface area contributed by atoms with Crippen molar-refractivity contribution < 1.29 is 14.3 Å². The Kier molecular flexibility index (Phi) is 5.37. The second-order valence-electron chi connectivity index (χ2n) is 7.95. The van der Waals surface area contributed by atoms with Crippen molar-refractivity contribution in [1.29, 1.82) is 0 Å². The topological polar surface area (TPSA) is 99.4 Å². The van der Waals surface area contributed by atoms with Crippen LogP contribution < -0.4 is 10.5 Å². The summed E-state index contributed by atoms with van der Waals surface area (Å²) < 4.78 is 5.80. The number of hydrogen-bond donors (Lipinski definition) is 2. The fraction of sp³-hybridized carbons (Fsp3) is 0.148. The van der Waals surface area contributed by atoms with Crippen molar-refractivity contribution >= 4 is 33.7 Å². The number of aromatic carboxylic acids is 1. The third kappa shape index (κ3) is 3.51. The zero-order valence-corrected chi connectivity index (χ0v) is 18.8. The van der Waals surface area contributed by atoms with Gasteiger partial charge < -0.3 is 19.4 Å². The van der Waals surface area contributed by atoms with Crippen LogP contribution in [0.15, 0.2) is 75.9 Å². The second-order valence-corrected chi connectivity index (χ2v) is 7.95. The molecular weight excluding hydrogens is 430 g/mol. The van der Waals surface area contributed by atoms with E-state index in [0.717, 1.165) is 24.3 Å². The molecule has 0 amide bonds. The number of aromatic amines is 1. The molecule has 170 valence electrons. The minimum absolute atomic E-state index is 0.0968. The molecule has 34 heavy (non-hydrogen) atoms. The van der Waals surface area contributed by atoms with Gasteiger partial charge in [-0.05, 0) is 49.7 Å². The van der Waals surface area contributed by atoms with Crippen LogP contribution in [0.5, 0.6) is 0 Å². The van der Waals surface area contributed by atoms with Crippen LogP contribution >= 0.6 is 0 Å². The molecule has 2 N–H and O–H groups in total. The SMILES string of the molecule is CCN(CC)c1ccc2c(-c3ccccc3C(=O)O)c(-c3nc4ccccc4[nH]3)c(=O)oc2c1. The van der Waals surface area contributed by atoms with E-state index in [-0.39, 0.29) is 11.1 Å². The lowest BCUT2D eigenvalue weighted by molar-refractivity contribution is 0.0697. The maximum atomic E-state index is 13.4. The largest absolute Gasteiger partial charge is 0.478 e. The number of para-hydroxylation sites is 2. The van der Waals surface area contributed by atoms with Crippen molar-refractivity contribution in [1.82, 2.24) is 9.97 Å². The summed E-state index contributed by atoms with van der Waals surface area (Å²) >= 11 is 0. The molecule has 0 spiro atoms. The predicted molar refractivity (Wildman–Crippen MR) is 134 cm³/mol. The molecule has 0 saturated heterocycles. The van der Waals surface area contributed by atoms with Crippen molar-refractivity contribution in [2.45, 2.75) is 13.8 Å². The summed E-state index contributed by atoms with van der Waals surface area (Å²) in [5.41, 5.74) is 3.41. The minimum Gasteiger partial charge on any atom is -0.478 e. The number of benzene rings is 3. The van der Waals surface area contributed by atoms with E-state index in [1.165, 1.54) is 6.07 Å². The first kappa shape index (κ1) is 21.5. The first-order valence-corrected chi connectivity index (χ1v) is 11.2. The highest BCUT2D eigenvalue weighted by molar-refractivity contribution is 6.07. The van der Waals surface area contributed by atoms with E-state index >= 15 is 0 Å². The fourth-order valence-electron chi connectivity index (χ4n) is 4.43. The molecule has 0 aliphatic heterocycles. The summed E-state index contributed by atoms with van der Waals surface area (Å²) in [4.78, 5) is 35.5. The number of aromatic nitrogens is 2. The number of anilines is 1. The van der Waals surface area contributed by atoms with Crippen LogP contribution in [-0.2, 0) is 0 Å². The number of imidazole rings is 1. The Balaban J connectivity index is 1.89. The Bertz CT molecular complexity index is 1560. The standard InChI is InChI=1S/C27H23N3O4/c1-3-30(4-2)16-13-14-19-22(15-16)34-27(33)24(25-28-20-11-7-8-12-21(20)29-25)23(19)17-9-5-6-10-18(17)26(31)32/h5-15H,3-4H2,1-2H3,(H,28,29)(H,31,32). The summed E-state index contributed by atoms with van der Waals surface area (Å²) in [6.07, 6.45) is 0. The summed E-state index contributed by atoms with van der Waals surface area (Å²) in [6, 6.07) is 19.8. The number of H-pyrrole nitrogens is 1. The molecule has 0 atom stereocenters. The monoisotopic (exact) mass is 453 g/mol. The first-order chi connectivity index (χ1) is 16.5. The fourth-order valence-corrected chi connectivity index (χ4v) is 4.43. The van der Waals surface area contributed by atoms with Gasteiger partial charge in [0.25, 0.3) is 0 Å². The van der Waals surface area contributed by atoms with Gasteiger partial charge in [-0.1, -0.05) is 30.3 Å². The Labute approximate surface area is 195 Å². The number of carbonyl (C=O) groups is 1. The number of nitrogens with zero attached hydrogens (tertiary/aromatic N) is 2. The number of carboxylic acid groups (broad SMARTS) is 1. The van der Waals surface area contributed by atoms with E-state index < -0.39 is 11.6 Å². The number of fused-ring (bicyclic) bond motifs is 2. The van der Waals surface area contributed by atoms with Crippen molar-refractivity contribution in [3.05, 3.63) is 82.7 Å². The van der Waals surface area contributed by atoms with E-state index in [4.69, 9.17) is 4.42 Å². The first-order valence-electron chi connectivity index (χ1n) is 11.2. The number of carboxylic acids is 1. The van der Waals surface area contributed by atoms with Gasteiger partial charge in [0.2, 0.25) is 0 Å². The zero-order chi connectivity index (χ0) is 23.8. The normalized spacial score (nSPS) is 11.2. The van der Waals surface area contributed by atoms with Gasteiger partial charge in [0.1, 0.15) is 17.0 Å². The molecule has 5 rings (SSSR count). The predicted octanol–water partition coefficient (Wildman–Crippen LogP) is 5.55. The molecule has 3 aromatic carbocycles. The van der Waals surface area contributed by atoms with E-state index in [1.807, 2.05) is 42.5 Å². The van der Waals surface area contributed by atoms with Crippen LogP contribution in [0.2, 0.25) is 0 Å². The lowest BCUT2D eigenvalue weighted by atomic mass is 9.92. The van der Waals surface area contributed by atoms with E-state index in [9.17, 15) is 14.7 Å². The van der Waals surface area contributed by atoms with Gasteiger partial charge in [0.15, 0.2) is 0 Å². The zero-order valence-electron chi connectivity index (χ0n) is 18.8. The van der Waals surface area contributed by atoms with Gasteiger partial charge in [0.05, 0.1) is 16.6 Å². The Morgan fingerprint density at radius 3 is 2.47 bits per heavy atom. The van der Waals surface area contributed by atoms with Gasteiger partial charge in [0, 0.05) is 35.8 Å². The van der Waals surface area contributed by atoms with Gasteiger partial charge in [-0.2, -0.15) is 0 Å². The number of hydrogen-bond acceptors (Lipinski definition) is 5. The molecule has 0 fully saturated rings. The molecule has 0 bridgehead atoms. The smallest absolute Gasteiger partial charge is 0.348 e. The highest BCUT2D eigenvalue weighted by Crippen LogP contribution is 2.38. The molecule has 5 aromatic rings. The lowest BCUT2D eigenvalue weighted by Crippen LogP contribution is -2.21. The van der Waals surface area contributed by atoms with Gasteiger partial charge in [-0.3, -0.25) is 0 Å². The van der Waals surface area contributed by atoms with Crippen LogP contribution in [0, 0.1) is 0 Å². The van der Waals surface area contributed by atoms with Crippen LogP contribution in [-0.4, -0.2) is 34.1 Å². The van der Waals surface area contributed by atoms with Gasteiger partial charge in [-0.25, -0.2) is 14.6 Å². The van der Waals surface area contributed by atoms with Gasteiger partial charge >= 0.3 is 11.6 Å². The van der Waals surface area contributed by atoms with Crippen LogP contribution in [0.4, 0.5) is 5.69 Å². The molecule has 2 heterocycles. The van der Waals surface area contributed by atoms with E-state index in [2.05, 4.69) is 28.7 Å². The molecular formula is C27H23N3O4. The summed E-state index contributed by atoms with van der Waals surface area (Å²) in [7, 11) is 0. The number of rotatable bonds is 6. The Morgan fingerprint density at radius 1 is 1.00 bits per heavy atom. The molecule has 2 aromatic heterocycles. The minimum atomic E-state index is -1.08. The second kappa shape index (κ2) is 8.51. The van der Waals surface area contributed by atoms with Crippen LogP contribution in [0.1, 0.15) is 24.2 Å². The maximum absolute atomic E-state index is 13.4. The van der Waals surface area contributed by atoms with Crippen molar-refractivity contribution in [2.24, 2.45) is 0 Å². The van der Waals surface area contributed by atoms with Crippen molar-refractivity contribution in [2.75, 3.05) is 18.0 Å². The van der Waals surface area contributed by atoms with E-state index in [0.29, 0.717) is 33.4 Å². The van der Waals surface area contributed by atoms with E-state index in [1.54, 1.807) is 18.2 Å². The van der Waals surface area contributed by atoms with Crippen molar-refractivity contribution in [3.63, 3.8) is 0 Å². The summed E-state index contributed by atoms with van der Waals surface area (Å²) in [6.45, 7) is 5.72. The molecule has 0 aliphatic rings. The molecule has 0 aliphatic carbocycles. The lowest BCUT2D eigenvalue weighted by Gasteiger charge is -2.21.